The fourth-order valence-corrected chi connectivity index (χ4v) is 2.11. The number of carbonyl (C=O) groups is 2. The minimum atomic E-state index is -4.40. The molecule has 1 fully saturated rings. The number of amides is 3. The highest BCUT2D eigenvalue weighted by atomic mass is 19.4. The Morgan fingerprint density at radius 2 is 2.05 bits per heavy atom. The van der Waals surface area contributed by atoms with Gasteiger partial charge in [0.05, 0.1) is 6.54 Å². The lowest BCUT2D eigenvalue weighted by atomic mass is 10.1. The van der Waals surface area contributed by atoms with Crippen LogP contribution in [0.5, 0.6) is 0 Å². The molecule has 0 spiro atoms. The van der Waals surface area contributed by atoms with Crippen molar-refractivity contribution in [3.05, 3.63) is 18.2 Å². The highest BCUT2D eigenvalue weighted by Gasteiger charge is 2.40. The molecular weight excluding hydrogens is 289 g/mol. The zero-order chi connectivity index (χ0) is 15.8. The first-order chi connectivity index (χ1) is 9.69. The van der Waals surface area contributed by atoms with E-state index >= 15 is 0 Å². The van der Waals surface area contributed by atoms with Crippen LogP contribution in [0, 0.1) is 5.92 Å². The van der Waals surface area contributed by atoms with E-state index in [-0.39, 0.29) is 18.3 Å². The third-order valence-electron chi connectivity index (χ3n) is 3.17. The van der Waals surface area contributed by atoms with E-state index in [1.54, 1.807) is 13.8 Å². The van der Waals surface area contributed by atoms with Crippen molar-refractivity contribution in [2.45, 2.75) is 39.2 Å². The maximum absolute atomic E-state index is 12.4. The number of halogens is 3. The van der Waals surface area contributed by atoms with E-state index in [0.717, 1.165) is 9.47 Å². The number of nitrogens with one attached hydrogen (secondary N) is 1. The lowest BCUT2D eigenvalue weighted by molar-refractivity contribution is -0.141. The van der Waals surface area contributed by atoms with Crippen LogP contribution in [0.1, 0.15) is 19.7 Å². The minimum Gasteiger partial charge on any atom is -0.326 e. The number of imidazole rings is 1. The van der Waals surface area contributed by atoms with Gasteiger partial charge < -0.3 is 9.88 Å². The van der Waals surface area contributed by atoms with Gasteiger partial charge in [0.2, 0.25) is 0 Å². The number of hydrogen-bond acceptors (Lipinski definition) is 3. The number of alkyl halides is 3. The normalized spacial score (nSPS) is 19.5. The van der Waals surface area contributed by atoms with Crippen LogP contribution in [0.2, 0.25) is 0 Å². The quantitative estimate of drug-likeness (QED) is 0.858. The van der Waals surface area contributed by atoms with Crippen molar-refractivity contribution in [1.82, 2.24) is 19.8 Å². The molecule has 9 heteroatoms. The molecule has 1 aliphatic heterocycles. The van der Waals surface area contributed by atoms with E-state index in [4.69, 9.17) is 0 Å². The molecule has 1 saturated heterocycles. The molecule has 0 unspecified atom stereocenters. The first kappa shape index (κ1) is 15.3. The molecule has 116 valence electrons. The Morgan fingerprint density at radius 1 is 1.38 bits per heavy atom. The maximum atomic E-state index is 12.4. The topological polar surface area (TPSA) is 67.2 Å². The summed E-state index contributed by atoms with van der Waals surface area (Å²) in [6, 6.07) is -1.26. The summed E-state index contributed by atoms with van der Waals surface area (Å²) in [7, 11) is 0. The average Bonchev–Trinajstić information content (AvgIpc) is 2.87. The second-order valence-corrected chi connectivity index (χ2v) is 5.18. The summed E-state index contributed by atoms with van der Waals surface area (Å²) >= 11 is 0. The average molecular weight is 304 g/mol. The molecule has 21 heavy (non-hydrogen) atoms. The molecule has 3 amide bonds. The lowest BCUT2D eigenvalue weighted by Gasteiger charge is -2.16. The van der Waals surface area contributed by atoms with Crippen molar-refractivity contribution < 1.29 is 22.8 Å². The van der Waals surface area contributed by atoms with Gasteiger partial charge in [0, 0.05) is 12.4 Å². The van der Waals surface area contributed by atoms with Gasteiger partial charge in [0.1, 0.15) is 18.4 Å². The van der Waals surface area contributed by atoms with E-state index in [0.29, 0.717) is 0 Å². The summed E-state index contributed by atoms with van der Waals surface area (Å²) in [6.45, 7) is 2.06. The number of carbonyl (C=O) groups excluding carboxylic acids is 2. The Hall–Kier alpha value is -2.06. The van der Waals surface area contributed by atoms with Crippen LogP contribution in [0.25, 0.3) is 0 Å². The maximum Gasteiger partial charge on any atom is 0.406 e. The second kappa shape index (κ2) is 5.38. The fraction of sp³-hybridized carbons (Fsp3) is 0.583. The minimum absolute atomic E-state index is 0.0141. The Kier molecular flexibility index (Phi) is 3.93. The highest BCUT2D eigenvalue weighted by Crippen LogP contribution is 2.20. The molecule has 1 aromatic heterocycles. The lowest BCUT2D eigenvalue weighted by Crippen LogP contribution is -2.35. The molecule has 1 aromatic rings. The number of aromatic nitrogens is 2. The summed E-state index contributed by atoms with van der Waals surface area (Å²) in [6.07, 6.45) is -2.02. The highest BCUT2D eigenvalue weighted by molar-refractivity contribution is 6.04. The smallest absolute Gasteiger partial charge is 0.326 e. The van der Waals surface area contributed by atoms with Crippen molar-refractivity contribution in [3.63, 3.8) is 0 Å². The summed E-state index contributed by atoms with van der Waals surface area (Å²) in [5.74, 6) is -0.529. The first-order valence-electron chi connectivity index (χ1n) is 6.37. The zero-order valence-corrected chi connectivity index (χ0v) is 11.5. The Morgan fingerprint density at radius 3 is 2.57 bits per heavy atom. The second-order valence-electron chi connectivity index (χ2n) is 5.18. The molecule has 0 saturated carbocycles. The van der Waals surface area contributed by atoms with E-state index in [1.807, 2.05) is 0 Å². The first-order valence-corrected chi connectivity index (χ1v) is 6.37. The van der Waals surface area contributed by atoms with Crippen molar-refractivity contribution in [3.8, 4) is 0 Å². The van der Waals surface area contributed by atoms with Gasteiger partial charge in [-0.3, -0.25) is 9.69 Å². The Bertz CT molecular complexity index is 553. The Balaban J connectivity index is 2.14. The standard InChI is InChI=1S/C12H15F3N4O2/c1-7(2)9-10(20)19(11(21)17-9)5-8-16-3-4-18(8)6-12(13,14)15/h3-4,7,9H,5-6H2,1-2H3,(H,17,21)/t9-/m0/s1. The van der Waals surface area contributed by atoms with Crippen molar-refractivity contribution in [1.29, 1.82) is 0 Å². The van der Waals surface area contributed by atoms with Crippen LogP contribution in [0.15, 0.2) is 12.4 Å². The van der Waals surface area contributed by atoms with Gasteiger partial charge in [-0.2, -0.15) is 13.2 Å². The molecule has 0 radical (unpaired) electrons. The summed E-state index contributed by atoms with van der Waals surface area (Å²) in [4.78, 5) is 28.5. The van der Waals surface area contributed by atoms with E-state index in [1.165, 1.54) is 12.4 Å². The third-order valence-corrected chi connectivity index (χ3v) is 3.17. The van der Waals surface area contributed by atoms with Crippen molar-refractivity contribution in [2.24, 2.45) is 5.92 Å². The molecule has 0 aliphatic carbocycles. The van der Waals surface area contributed by atoms with Gasteiger partial charge in [-0.05, 0) is 5.92 Å². The fourth-order valence-electron chi connectivity index (χ4n) is 2.11. The molecule has 6 nitrogen and oxygen atoms in total. The number of rotatable bonds is 4. The van der Waals surface area contributed by atoms with E-state index < -0.39 is 30.7 Å². The predicted molar refractivity (Wildman–Crippen MR) is 66.0 cm³/mol. The molecule has 2 heterocycles. The van der Waals surface area contributed by atoms with Crippen LogP contribution in [0.4, 0.5) is 18.0 Å². The number of imide groups is 1. The van der Waals surface area contributed by atoms with Crippen LogP contribution in [0.3, 0.4) is 0 Å². The molecule has 0 aromatic carbocycles. The van der Waals surface area contributed by atoms with E-state index in [2.05, 4.69) is 10.3 Å². The third kappa shape index (κ3) is 3.34. The summed E-state index contributed by atoms with van der Waals surface area (Å²) < 4.78 is 38.2. The number of hydrogen-bond donors (Lipinski definition) is 1. The van der Waals surface area contributed by atoms with Crippen molar-refractivity contribution >= 4 is 11.9 Å². The largest absolute Gasteiger partial charge is 0.406 e. The molecule has 2 rings (SSSR count). The van der Waals surface area contributed by atoms with Gasteiger partial charge in [-0.15, -0.1) is 0 Å². The van der Waals surface area contributed by atoms with Gasteiger partial charge in [0.15, 0.2) is 0 Å². The Labute approximate surface area is 118 Å². The van der Waals surface area contributed by atoms with Crippen molar-refractivity contribution in [2.75, 3.05) is 0 Å². The van der Waals surface area contributed by atoms with Crippen LogP contribution >= 0.6 is 0 Å². The van der Waals surface area contributed by atoms with Crippen LogP contribution in [-0.2, 0) is 17.9 Å². The summed E-state index contributed by atoms with van der Waals surface area (Å²) in [5, 5.41) is 2.51. The number of urea groups is 1. The zero-order valence-electron chi connectivity index (χ0n) is 11.5. The SMILES string of the molecule is CC(C)[C@@H]1NC(=O)N(Cc2nccn2CC(F)(F)F)C1=O. The van der Waals surface area contributed by atoms with Crippen LogP contribution < -0.4 is 5.32 Å². The van der Waals surface area contributed by atoms with E-state index in [9.17, 15) is 22.8 Å². The molecule has 1 aliphatic rings. The molecule has 0 bridgehead atoms. The predicted octanol–water partition coefficient (Wildman–Crippen LogP) is 1.52. The summed E-state index contributed by atoms with van der Waals surface area (Å²) in [5.41, 5.74) is 0. The molecule has 1 atom stereocenters. The van der Waals surface area contributed by atoms with Gasteiger partial charge in [-0.25, -0.2) is 9.78 Å². The van der Waals surface area contributed by atoms with Crippen LogP contribution in [-0.4, -0.2) is 38.6 Å². The number of nitrogens with zero attached hydrogens (tertiary/aromatic N) is 3. The molecular formula is C12H15F3N4O2. The van der Waals surface area contributed by atoms with Gasteiger partial charge in [-0.1, -0.05) is 13.8 Å². The molecule has 1 N–H and O–H groups in total. The monoisotopic (exact) mass is 304 g/mol. The van der Waals surface area contributed by atoms with Gasteiger partial charge in [0.25, 0.3) is 5.91 Å². The van der Waals surface area contributed by atoms with Gasteiger partial charge >= 0.3 is 12.2 Å².